The van der Waals surface area contributed by atoms with Crippen molar-refractivity contribution in [3.05, 3.63) is 23.7 Å². The number of aryl methyl sites for hydroxylation is 1. The molecule has 2 atom stereocenters. The molecule has 90 valence electrons. The van der Waals surface area contributed by atoms with Gasteiger partial charge in [-0.25, -0.2) is 0 Å². The van der Waals surface area contributed by atoms with Crippen LogP contribution in [0.25, 0.3) is 0 Å². The van der Waals surface area contributed by atoms with Crippen molar-refractivity contribution in [1.29, 1.82) is 0 Å². The zero-order valence-electron chi connectivity index (χ0n) is 10.5. The van der Waals surface area contributed by atoms with Crippen molar-refractivity contribution in [3.8, 4) is 0 Å². The Hall–Kier alpha value is -0.800. The quantitative estimate of drug-likeness (QED) is 0.847. The molecule has 0 saturated carbocycles. The monoisotopic (exact) mass is 222 g/mol. The van der Waals surface area contributed by atoms with Gasteiger partial charge in [0.15, 0.2) is 0 Å². The molecule has 1 aliphatic heterocycles. The normalized spacial score (nSPS) is 23.8. The number of rotatable bonds is 4. The zero-order valence-corrected chi connectivity index (χ0v) is 10.5. The summed E-state index contributed by atoms with van der Waals surface area (Å²) in [4.78, 5) is 2.55. The first-order valence-corrected chi connectivity index (χ1v) is 6.19. The SMILES string of the molecule is CNCC1CCCN1C(C)c1ccc(C)o1. The summed E-state index contributed by atoms with van der Waals surface area (Å²) >= 11 is 0. The molecule has 3 heteroatoms. The Kier molecular flexibility index (Phi) is 3.66. The molecule has 1 saturated heterocycles. The van der Waals surface area contributed by atoms with Crippen LogP contribution in [-0.4, -0.2) is 31.1 Å². The average Bonchev–Trinajstić information content (AvgIpc) is 2.87. The van der Waals surface area contributed by atoms with Crippen LogP contribution >= 0.6 is 0 Å². The van der Waals surface area contributed by atoms with Gasteiger partial charge in [0.2, 0.25) is 0 Å². The van der Waals surface area contributed by atoms with Crippen molar-refractivity contribution in [2.45, 2.75) is 38.8 Å². The van der Waals surface area contributed by atoms with Crippen molar-refractivity contribution < 1.29 is 4.42 Å². The lowest BCUT2D eigenvalue weighted by atomic mass is 10.1. The first-order chi connectivity index (χ1) is 7.72. The number of hydrogen-bond acceptors (Lipinski definition) is 3. The van der Waals surface area contributed by atoms with E-state index >= 15 is 0 Å². The molecule has 1 aromatic heterocycles. The maximum atomic E-state index is 5.72. The van der Waals surface area contributed by atoms with Crippen LogP contribution in [0.5, 0.6) is 0 Å². The van der Waals surface area contributed by atoms with Gasteiger partial charge in [-0.15, -0.1) is 0 Å². The molecule has 2 unspecified atom stereocenters. The molecule has 0 spiro atoms. The standard InChI is InChI=1S/C13H22N2O/c1-10-6-7-13(16-10)11(2)15-8-4-5-12(15)9-14-3/h6-7,11-12,14H,4-5,8-9H2,1-3H3. The number of hydrogen-bond donors (Lipinski definition) is 1. The summed E-state index contributed by atoms with van der Waals surface area (Å²) in [7, 11) is 2.03. The summed E-state index contributed by atoms with van der Waals surface area (Å²) in [5.74, 6) is 2.10. The average molecular weight is 222 g/mol. The van der Waals surface area contributed by atoms with E-state index in [-0.39, 0.29) is 0 Å². The van der Waals surface area contributed by atoms with Crippen LogP contribution < -0.4 is 5.32 Å². The van der Waals surface area contributed by atoms with Crippen LogP contribution in [0.4, 0.5) is 0 Å². The number of furan rings is 1. The molecule has 0 bridgehead atoms. The van der Waals surface area contributed by atoms with Crippen LogP contribution in [0.3, 0.4) is 0 Å². The third kappa shape index (κ3) is 2.30. The van der Waals surface area contributed by atoms with E-state index in [0.29, 0.717) is 12.1 Å². The van der Waals surface area contributed by atoms with E-state index in [1.54, 1.807) is 0 Å². The molecular formula is C13H22N2O. The predicted molar refractivity (Wildman–Crippen MR) is 65.5 cm³/mol. The van der Waals surface area contributed by atoms with Gasteiger partial charge in [0.1, 0.15) is 11.5 Å². The Balaban J connectivity index is 2.05. The number of likely N-dealkylation sites (tertiary alicyclic amines) is 1. The third-order valence-electron chi connectivity index (χ3n) is 3.53. The number of nitrogens with one attached hydrogen (secondary N) is 1. The van der Waals surface area contributed by atoms with Crippen molar-refractivity contribution >= 4 is 0 Å². The molecule has 1 N–H and O–H groups in total. The summed E-state index contributed by atoms with van der Waals surface area (Å²) in [6, 6.07) is 5.21. The summed E-state index contributed by atoms with van der Waals surface area (Å²) in [5, 5.41) is 3.28. The highest BCUT2D eigenvalue weighted by Gasteiger charge is 2.29. The van der Waals surface area contributed by atoms with Gasteiger partial charge in [-0.1, -0.05) is 0 Å². The molecule has 16 heavy (non-hydrogen) atoms. The van der Waals surface area contributed by atoms with Crippen LogP contribution in [-0.2, 0) is 0 Å². The molecule has 2 rings (SSSR count). The second kappa shape index (κ2) is 5.02. The van der Waals surface area contributed by atoms with E-state index in [0.717, 1.165) is 18.1 Å². The van der Waals surface area contributed by atoms with Crippen LogP contribution in [0.15, 0.2) is 16.5 Å². The summed E-state index contributed by atoms with van der Waals surface area (Å²) in [6.45, 7) is 6.51. The van der Waals surface area contributed by atoms with Crippen LogP contribution in [0.2, 0.25) is 0 Å². The zero-order chi connectivity index (χ0) is 11.5. The molecule has 0 aliphatic carbocycles. The second-order valence-electron chi connectivity index (χ2n) is 4.72. The molecule has 0 amide bonds. The molecule has 3 nitrogen and oxygen atoms in total. The van der Waals surface area contributed by atoms with Crippen molar-refractivity contribution in [2.24, 2.45) is 0 Å². The van der Waals surface area contributed by atoms with E-state index < -0.39 is 0 Å². The fourth-order valence-electron chi connectivity index (χ4n) is 2.66. The van der Waals surface area contributed by atoms with Gasteiger partial charge in [-0.3, -0.25) is 4.90 Å². The minimum absolute atomic E-state index is 0.398. The predicted octanol–water partition coefficient (Wildman–Crippen LogP) is 2.33. The van der Waals surface area contributed by atoms with Gasteiger partial charge < -0.3 is 9.73 Å². The van der Waals surface area contributed by atoms with Crippen molar-refractivity contribution in [2.75, 3.05) is 20.1 Å². The lowest BCUT2D eigenvalue weighted by Gasteiger charge is -2.29. The Labute approximate surface area is 97.8 Å². The Morgan fingerprint density at radius 3 is 3.00 bits per heavy atom. The highest BCUT2D eigenvalue weighted by molar-refractivity contribution is 5.10. The van der Waals surface area contributed by atoms with E-state index in [4.69, 9.17) is 4.42 Å². The Morgan fingerprint density at radius 2 is 2.38 bits per heavy atom. The molecule has 1 aromatic rings. The van der Waals surface area contributed by atoms with Crippen molar-refractivity contribution in [3.63, 3.8) is 0 Å². The summed E-state index contributed by atoms with van der Waals surface area (Å²) in [6.07, 6.45) is 2.60. The molecule has 1 aliphatic rings. The second-order valence-corrected chi connectivity index (χ2v) is 4.72. The molecule has 0 radical (unpaired) electrons. The highest BCUT2D eigenvalue weighted by atomic mass is 16.3. The largest absolute Gasteiger partial charge is 0.465 e. The van der Waals surface area contributed by atoms with Crippen LogP contribution in [0.1, 0.15) is 37.3 Å². The van der Waals surface area contributed by atoms with E-state index in [1.807, 2.05) is 14.0 Å². The first kappa shape index (κ1) is 11.7. The van der Waals surface area contributed by atoms with Crippen molar-refractivity contribution in [1.82, 2.24) is 10.2 Å². The van der Waals surface area contributed by atoms with Gasteiger partial charge in [-0.2, -0.15) is 0 Å². The van der Waals surface area contributed by atoms with Gasteiger partial charge in [-0.05, 0) is 52.4 Å². The van der Waals surface area contributed by atoms with Crippen LogP contribution in [0, 0.1) is 6.92 Å². The fraction of sp³-hybridized carbons (Fsp3) is 0.692. The smallest absolute Gasteiger partial charge is 0.121 e. The third-order valence-corrected chi connectivity index (χ3v) is 3.53. The number of nitrogens with zero attached hydrogens (tertiary/aromatic N) is 1. The fourth-order valence-corrected chi connectivity index (χ4v) is 2.66. The molecule has 2 heterocycles. The Morgan fingerprint density at radius 1 is 1.56 bits per heavy atom. The number of likely N-dealkylation sites (N-methyl/N-ethyl adjacent to an activating group) is 1. The van der Waals surface area contributed by atoms with E-state index in [2.05, 4.69) is 29.3 Å². The molecule has 0 aromatic carbocycles. The van der Waals surface area contributed by atoms with E-state index in [1.165, 1.54) is 19.4 Å². The minimum atomic E-state index is 0.398. The maximum Gasteiger partial charge on any atom is 0.121 e. The van der Waals surface area contributed by atoms with Gasteiger partial charge in [0.05, 0.1) is 6.04 Å². The van der Waals surface area contributed by atoms with Gasteiger partial charge in [0.25, 0.3) is 0 Å². The van der Waals surface area contributed by atoms with Gasteiger partial charge in [0, 0.05) is 12.6 Å². The topological polar surface area (TPSA) is 28.4 Å². The summed E-state index contributed by atoms with van der Waals surface area (Å²) < 4.78 is 5.72. The lowest BCUT2D eigenvalue weighted by Crippen LogP contribution is -2.38. The highest BCUT2D eigenvalue weighted by Crippen LogP contribution is 2.29. The molecular weight excluding hydrogens is 200 g/mol. The summed E-state index contributed by atoms with van der Waals surface area (Å²) in [5.41, 5.74) is 0. The molecule has 1 fully saturated rings. The Bertz CT molecular complexity index is 334. The van der Waals surface area contributed by atoms with E-state index in [9.17, 15) is 0 Å². The maximum absolute atomic E-state index is 5.72. The minimum Gasteiger partial charge on any atom is -0.465 e. The first-order valence-electron chi connectivity index (χ1n) is 6.19. The van der Waals surface area contributed by atoms with Gasteiger partial charge >= 0.3 is 0 Å². The lowest BCUT2D eigenvalue weighted by molar-refractivity contribution is 0.170.